The molecule has 0 radical (unpaired) electrons. The normalized spacial score (nSPS) is 23.8. The van der Waals surface area contributed by atoms with Gasteiger partial charge in [-0.25, -0.2) is 0 Å². The molecule has 0 bridgehead atoms. The molecule has 1 aromatic carbocycles. The lowest BCUT2D eigenvalue weighted by molar-refractivity contribution is -0.141. The van der Waals surface area contributed by atoms with E-state index in [2.05, 4.69) is 50.8 Å². The largest absolute Gasteiger partial charge is 0.342 e. The molecule has 2 saturated heterocycles. The molecule has 2 aliphatic rings. The standard InChI is InChI=1S/C25H40N4O2/c1-18(26-5)23(30)27-22(25(2,3)4)24(31)29-16-13-20-12-15-28(17-21(20)29)14-11-19-9-7-6-8-10-19/h6-10,18,20-22,26H,11-17H2,1-5H3,(H,27,30)/t18-,20+,21+,22+/m0/s1. The SMILES string of the molecule is CN[C@@H](C)C(=O)N[C@H](C(=O)N1CC[C@H]2CCN(CCc3ccccc3)C[C@H]21)C(C)(C)C. The fourth-order valence-corrected chi connectivity index (χ4v) is 4.83. The number of nitrogens with zero attached hydrogens (tertiary/aromatic N) is 2. The summed E-state index contributed by atoms with van der Waals surface area (Å²) in [6.07, 6.45) is 3.25. The number of benzene rings is 1. The van der Waals surface area contributed by atoms with E-state index in [4.69, 9.17) is 0 Å². The maximum Gasteiger partial charge on any atom is 0.245 e. The van der Waals surface area contributed by atoms with Crippen LogP contribution >= 0.6 is 0 Å². The van der Waals surface area contributed by atoms with Gasteiger partial charge in [0.05, 0.1) is 6.04 Å². The highest BCUT2D eigenvalue weighted by Gasteiger charge is 2.45. The van der Waals surface area contributed by atoms with Crippen LogP contribution in [0.3, 0.4) is 0 Å². The number of amides is 2. The van der Waals surface area contributed by atoms with E-state index in [9.17, 15) is 9.59 Å². The van der Waals surface area contributed by atoms with Gasteiger partial charge in [-0.2, -0.15) is 0 Å². The number of likely N-dealkylation sites (tertiary alicyclic amines) is 2. The molecular formula is C25H40N4O2. The number of fused-ring (bicyclic) bond motifs is 1. The molecule has 6 nitrogen and oxygen atoms in total. The lowest BCUT2D eigenvalue weighted by Gasteiger charge is -2.41. The van der Waals surface area contributed by atoms with Crippen molar-refractivity contribution < 1.29 is 9.59 Å². The number of nitrogens with one attached hydrogen (secondary N) is 2. The number of piperidine rings is 1. The summed E-state index contributed by atoms with van der Waals surface area (Å²) in [6, 6.07) is 10.0. The number of hydrogen-bond acceptors (Lipinski definition) is 4. The van der Waals surface area contributed by atoms with Crippen molar-refractivity contribution in [2.75, 3.05) is 33.2 Å². The van der Waals surface area contributed by atoms with E-state index in [0.717, 1.165) is 45.4 Å². The monoisotopic (exact) mass is 428 g/mol. The molecule has 0 aliphatic carbocycles. The van der Waals surface area contributed by atoms with Crippen molar-refractivity contribution in [3.63, 3.8) is 0 Å². The van der Waals surface area contributed by atoms with Crippen molar-refractivity contribution in [3.8, 4) is 0 Å². The molecule has 3 rings (SSSR count). The molecular weight excluding hydrogens is 388 g/mol. The van der Waals surface area contributed by atoms with Crippen LogP contribution < -0.4 is 10.6 Å². The van der Waals surface area contributed by atoms with Gasteiger partial charge in [-0.1, -0.05) is 51.1 Å². The first kappa shape index (κ1) is 23.7. The van der Waals surface area contributed by atoms with Crippen molar-refractivity contribution in [1.82, 2.24) is 20.4 Å². The molecule has 1 aromatic rings. The topological polar surface area (TPSA) is 64.7 Å². The first-order chi connectivity index (χ1) is 14.7. The van der Waals surface area contributed by atoms with Crippen molar-refractivity contribution in [2.45, 2.75) is 65.1 Å². The van der Waals surface area contributed by atoms with Crippen LogP contribution in [0.25, 0.3) is 0 Å². The highest BCUT2D eigenvalue weighted by Crippen LogP contribution is 2.34. The van der Waals surface area contributed by atoms with Crippen LogP contribution in [0.2, 0.25) is 0 Å². The Kier molecular flexibility index (Phi) is 7.76. The van der Waals surface area contributed by atoms with E-state index in [1.165, 1.54) is 5.56 Å². The van der Waals surface area contributed by atoms with Crippen LogP contribution in [-0.2, 0) is 16.0 Å². The second-order valence-corrected chi connectivity index (χ2v) is 10.3. The van der Waals surface area contributed by atoms with E-state index in [0.29, 0.717) is 5.92 Å². The Balaban J connectivity index is 1.66. The fourth-order valence-electron chi connectivity index (χ4n) is 4.83. The quantitative estimate of drug-likeness (QED) is 0.699. The van der Waals surface area contributed by atoms with Gasteiger partial charge in [0, 0.05) is 25.7 Å². The molecule has 172 valence electrons. The lowest BCUT2D eigenvalue weighted by Crippen LogP contribution is -2.60. The predicted octanol–water partition coefficient (Wildman–Crippen LogP) is 2.29. The highest BCUT2D eigenvalue weighted by atomic mass is 16.2. The number of likely N-dealkylation sites (N-methyl/N-ethyl adjacent to an activating group) is 1. The average molecular weight is 429 g/mol. The smallest absolute Gasteiger partial charge is 0.245 e. The van der Waals surface area contributed by atoms with Gasteiger partial charge in [-0.05, 0) is 56.7 Å². The van der Waals surface area contributed by atoms with Gasteiger partial charge in [-0.3, -0.25) is 9.59 Å². The first-order valence-electron chi connectivity index (χ1n) is 11.7. The van der Waals surface area contributed by atoms with Gasteiger partial charge < -0.3 is 20.4 Å². The Morgan fingerprint density at radius 1 is 1.13 bits per heavy atom. The minimum Gasteiger partial charge on any atom is -0.342 e. The molecule has 0 saturated carbocycles. The maximum atomic E-state index is 13.7. The summed E-state index contributed by atoms with van der Waals surface area (Å²) < 4.78 is 0. The summed E-state index contributed by atoms with van der Waals surface area (Å²) in [5.74, 6) is 0.519. The average Bonchev–Trinajstić information content (AvgIpc) is 3.18. The molecule has 2 amide bonds. The summed E-state index contributed by atoms with van der Waals surface area (Å²) >= 11 is 0. The third kappa shape index (κ3) is 5.86. The molecule has 6 heteroatoms. The van der Waals surface area contributed by atoms with Crippen LogP contribution in [0.4, 0.5) is 0 Å². The van der Waals surface area contributed by atoms with Crippen LogP contribution in [0.15, 0.2) is 30.3 Å². The lowest BCUT2D eigenvalue weighted by atomic mass is 9.85. The minimum atomic E-state index is -0.519. The summed E-state index contributed by atoms with van der Waals surface area (Å²) in [4.78, 5) is 30.8. The van der Waals surface area contributed by atoms with Crippen LogP contribution in [0.5, 0.6) is 0 Å². The molecule has 31 heavy (non-hydrogen) atoms. The molecule has 2 fully saturated rings. The molecule has 4 atom stereocenters. The Morgan fingerprint density at radius 3 is 2.45 bits per heavy atom. The fraction of sp³-hybridized carbons (Fsp3) is 0.680. The molecule has 2 heterocycles. The number of carbonyl (C=O) groups excluding carboxylic acids is 2. The molecule has 2 aliphatic heterocycles. The summed E-state index contributed by atoms with van der Waals surface area (Å²) in [7, 11) is 1.76. The predicted molar refractivity (Wildman–Crippen MR) is 125 cm³/mol. The van der Waals surface area contributed by atoms with Crippen molar-refractivity contribution in [1.29, 1.82) is 0 Å². The van der Waals surface area contributed by atoms with Gasteiger partial charge in [-0.15, -0.1) is 0 Å². The van der Waals surface area contributed by atoms with E-state index in [-0.39, 0.29) is 29.3 Å². The van der Waals surface area contributed by atoms with E-state index in [1.54, 1.807) is 7.05 Å². The first-order valence-corrected chi connectivity index (χ1v) is 11.7. The Bertz CT molecular complexity index is 746. The van der Waals surface area contributed by atoms with Gasteiger partial charge in [0.25, 0.3) is 0 Å². The maximum absolute atomic E-state index is 13.7. The van der Waals surface area contributed by atoms with Crippen LogP contribution in [0.1, 0.15) is 46.1 Å². The van der Waals surface area contributed by atoms with Gasteiger partial charge in [0.15, 0.2) is 0 Å². The van der Waals surface area contributed by atoms with Crippen molar-refractivity contribution in [2.24, 2.45) is 11.3 Å². The van der Waals surface area contributed by atoms with Crippen LogP contribution in [-0.4, -0.2) is 73.0 Å². The van der Waals surface area contributed by atoms with Gasteiger partial charge >= 0.3 is 0 Å². The van der Waals surface area contributed by atoms with Crippen molar-refractivity contribution >= 4 is 11.8 Å². The highest BCUT2D eigenvalue weighted by molar-refractivity contribution is 5.90. The minimum absolute atomic E-state index is 0.0709. The zero-order valence-electron chi connectivity index (χ0n) is 19.9. The third-order valence-electron chi connectivity index (χ3n) is 7.02. The van der Waals surface area contributed by atoms with E-state index in [1.807, 2.05) is 27.7 Å². The molecule has 0 aromatic heterocycles. The van der Waals surface area contributed by atoms with E-state index >= 15 is 0 Å². The third-order valence-corrected chi connectivity index (χ3v) is 7.02. The molecule has 2 N–H and O–H groups in total. The Morgan fingerprint density at radius 2 is 1.81 bits per heavy atom. The zero-order valence-corrected chi connectivity index (χ0v) is 19.9. The Hall–Kier alpha value is -1.92. The second-order valence-electron chi connectivity index (χ2n) is 10.3. The molecule has 0 spiro atoms. The van der Waals surface area contributed by atoms with Crippen LogP contribution in [0, 0.1) is 11.3 Å². The summed E-state index contributed by atoms with van der Waals surface area (Å²) in [5.41, 5.74) is 1.01. The number of carbonyl (C=O) groups is 2. The second kappa shape index (κ2) is 10.1. The molecule has 0 unspecified atom stereocenters. The van der Waals surface area contributed by atoms with Gasteiger partial charge in [0.1, 0.15) is 6.04 Å². The number of rotatable bonds is 7. The van der Waals surface area contributed by atoms with E-state index < -0.39 is 6.04 Å². The summed E-state index contributed by atoms with van der Waals surface area (Å²) in [6.45, 7) is 11.8. The zero-order chi connectivity index (χ0) is 22.6. The number of hydrogen-bond donors (Lipinski definition) is 2. The van der Waals surface area contributed by atoms with Gasteiger partial charge in [0.2, 0.25) is 11.8 Å². The Labute approximate surface area is 187 Å². The van der Waals surface area contributed by atoms with Crippen molar-refractivity contribution in [3.05, 3.63) is 35.9 Å². The summed E-state index contributed by atoms with van der Waals surface area (Å²) in [5, 5.41) is 6.00.